The van der Waals surface area contributed by atoms with Crippen LogP contribution in [0.5, 0.6) is 5.75 Å². The molecule has 0 saturated heterocycles. The summed E-state index contributed by atoms with van der Waals surface area (Å²) in [6.07, 6.45) is -4.60. The van der Waals surface area contributed by atoms with Gasteiger partial charge in [-0.05, 0) is 22.6 Å². The van der Waals surface area contributed by atoms with Gasteiger partial charge in [-0.2, -0.15) is 4.39 Å². The number of aromatic nitrogens is 1. The van der Waals surface area contributed by atoms with Crippen LogP contribution in [0.2, 0.25) is 0 Å². The summed E-state index contributed by atoms with van der Waals surface area (Å²) in [5.41, 5.74) is 0. The summed E-state index contributed by atoms with van der Waals surface area (Å²) in [5.74, 6) is -4.45. The van der Waals surface area contributed by atoms with Crippen molar-refractivity contribution in [3.63, 3.8) is 0 Å². The quantitative estimate of drug-likeness (QED) is 0.450. The van der Waals surface area contributed by atoms with Crippen LogP contribution in [0.1, 0.15) is 0 Å². The topological polar surface area (TPSA) is 22.1 Å². The van der Waals surface area contributed by atoms with Crippen molar-refractivity contribution in [1.82, 2.24) is 4.98 Å². The molecule has 1 aromatic heterocycles. The lowest BCUT2D eigenvalue weighted by molar-refractivity contribution is -0.275. The molecule has 2 nitrogen and oxygen atoms in total. The van der Waals surface area contributed by atoms with E-state index in [1.165, 1.54) is 22.6 Å². The summed E-state index contributed by atoms with van der Waals surface area (Å²) in [5, 5.41) is 0. The molecule has 0 bridgehead atoms. The first-order chi connectivity index (χ1) is 6.31. The Hall–Kier alpha value is -0.670. The van der Waals surface area contributed by atoms with E-state index >= 15 is 0 Å². The lowest BCUT2D eigenvalue weighted by atomic mass is 10.4. The van der Waals surface area contributed by atoms with Crippen molar-refractivity contribution in [1.29, 1.82) is 0 Å². The molecule has 78 valence electrons. The minimum absolute atomic E-state index is 0.366. The molecule has 0 aliphatic carbocycles. The second-order valence-electron chi connectivity index (χ2n) is 2.09. The standard InChI is InChI=1S/C6HF5INO/c7-3-2(14-6(9,10)11)1-13-5(12)4(3)8/h1H. The monoisotopic (exact) mass is 325 g/mol. The summed E-state index contributed by atoms with van der Waals surface area (Å²) in [7, 11) is 0. The van der Waals surface area contributed by atoms with Crippen LogP contribution in [-0.2, 0) is 0 Å². The van der Waals surface area contributed by atoms with Crippen LogP contribution in [0, 0.1) is 15.3 Å². The maximum atomic E-state index is 12.7. The second kappa shape index (κ2) is 3.83. The van der Waals surface area contributed by atoms with Crippen LogP contribution >= 0.6 is 22.6 Å². The summed E-state index contributed by atoms with van der Waals surface area (Å²) >= 11 is 1.34. The van der Waals surface area contributed by atoms with Crippen molar-refractivity contribution in [2.24, 2.45) is 0 Å². The lowest BCUT2D eigenvalue weighted by Gasteiger charge is -2.09. The minimum atomic E-state index is -5.07. The van der Waals surface area contributed by atoms with Crippen molar-refractivity contribution in [2.75, 3.05) is 0 Å². The predicted molar refractivity (Wildman–Crippen MR) is 43.6 cm³/mol. The Labute approximate surface area is 88.2 Å². The molecule has 14 heavy (non-hydrogen) atoms. The van der Waals surface area contributed by atoms with E-state index in [4.69, 9.17) is 0 Å². The van der Waals surface area contributed by atoms with Gasteiger partial charge in [-0.3, -0.25) is 0 Å². The third-order valence-corrected chi connectivity index (χ3v) is 1.86. The third kappa shape index (κ3) is 2.66. The highest BCUT2D eigenvalue weighted by atomic mass is 127. The summed E-state index contributed by atoms with van der Waals surface area (Å²) < 4.78 is 63.1. The first-order valence-electron chi connectivity index (χ1n) is 3.06. The van der Waals surface area contributed by atoms with Crippen LogP contribution in [0.4, 0.5) is 22.0 Å². The molecule has 0 fully saturated rings. The van der Waals surface area contributed by atoms with Crippen LogP contribution in [0.25, 0.3) is 0 Å². The first kappa shape index (κ1) is 11.4. The smallest absolute Gasteiger partial charge is 0.401 e. The van der Waals surface area contributed by atoms with Gasteiger partial charge in [0.25, 0.3) is 0 Å². The second-order valence-corrected chi connectivity index (χ2v) is 3.11. The fourth-order valence-corrected chi connectivity index (χ4v) is 0.999. The highest BCUT2D eigenvalue weighted by Crippen LogP contribution is 2.27. The maximum Gasteiger partial charge on any atom is 0.573 e. The zero-order valence-electron chi connectivity index (χ0n) is 6.20. The molecule has 0 aromatic carbocycles. The normalized spacial score (nSPS) is 11.6. The van der Waals surface area contributed by atoms with Gasteiger partial charge in [-0.25, -0.2) is 9.37 Å². The zero-order chi connectivity index (χ0) is 10.9. The molecule has 0 saturated carbocycles. The van der Waals surface area contributed by atoms with Gasteiger partial charge < -0.3 is 4.74 Å². The molecular weight excluding hydrogens is 324 g/mol. The molecule has 0 unspecified atom stereocenters. The van der Waals surface area contributed by atoms with Gasteiger partial charge in [0.1, 0.15) is 3.70 Å². The molecule has 0 aliphatic rings. The van der Waals surface area contributed by atoms with E-state index in [1.807, 2.05) is 0 Å². The molecule has 1 heterocycles. The average molecular weight is 325 g/mol. The molecule has 0 N–H and O–H groups in total. The average Bonchev–Trinajstić information content (AvgIpc) is 2.04. The van der Waals surface area contributed by atoms with Crippen molar-refractivity contribution in [3.8, 4) is 5.75 Å². The Morgan fingerprint density at radius 1 is 1.21 bits per heavy atom. The number of hydrogen-bond acceptors (Lipinski definition) is 2. The van der Waals surface area contributed by atoms with Crippen LogP contribution in [-0.4, -0.2) is 11.3 Å². The fraction of sp³-hybridized carbons (Fsp3) is 0.167. The number of nitrogens with zero attached hydrogens (tertiary/aromatic N) is 1. The molecule has 1 aromatic rings. The summed E-state index contributed by atoms with van der Waals surface area (Å²) in [6.45, 7) is 0. The van der Waals surface area contributed by atoms with E-state index in [-0.39, 0.29) is 3.70 Å². The van der Waals surface area contributed by atoms with E-state index in [0.717, 1.165) is 0 Å². The SMILES string of the molecule is Fc1c(OC(F)(F)F)cnc(I)c1F. The zero-order valence-corrected chi connectivity index (χ0v) is 8.36. The Morgan fingerprint density at radius 2 is 1.79 bits per heavy atom. The minimum Gasteiger partial charge on any atom is -0.401 e. The van der Waals surface area contributed by atoms with E-state index in [0.29, 0.717) is 6.20 Å². The van der Waals surface area contributed by atoms with Crippen molar-refractivity contribution >= 4 is 22.6 Å². The van der Waals surface area contributed by atoms with E-state index in [9.17, 15) is 22.0 Å². The third-order valence-electron chi connectivity index (χ3n) is 1.11. The molecule has 0 amide bonds. The highest BCUT2D eigenvalue weighted by molar-refractivity contribution is 14.1. The predicted octanol–water partition coefficient (Wildman–Crippen LogP) is 2.86. The van der Waals surface area contributed by atoms with E-state index in [2.05, 4.69) is 9.72 Å². The number of ether oxygens (including phenoxy) is 1. The lowest BCUT2D eigenvalue weighted by Crippen LogP contribution is -2.18. The molecule has 8 heteroatoms. The van der Waals surface area contributed by atoms with Gasteiger partial charge in [-0.1, -0.05) is 0 Å². The maximum absolute atomic E-state index is 12.7. The number of rotatable bonds is 1. The van der Waals surface area contributed by atoms with Gasteiger partial charge in [0.2, 0.25) is 5.82 Å². The number of pyridine rings is 1. The van der Waals surface area contributed by atoms with Crippen molar-refractivity contribution < 1.29 is 26.7 Å². The number of alkyl halides is 3. The van der Waals surface area contributed by atoms with Gasteiger partial charge in [-0.15, -0.1) is 13.2 Å². The van der Waals surface area contributed by atoms with E-state index in [1.54, 1.807) is 0 Å². The van der Waals surface area contributed by atoms with Gasteiger partial charge in [0.05, 0.1) is 6.20 Å². The van der Waals surface area contributed by atoms with Gasteiger partial charge >= 0.3 is 6.36 Å². The molecule has 0 radical (unpaired) electrons. The van der Waals surface area contributed by atoms with Crippen molar-refractivity contribution in [3.05, 3.63) is 21.5 Å². The molecule has 1 rings (SSSR count). The highest BCUT2D eigenvalue weighted by Gasteiger charge is 2.33. The Morgan fingerprint density at radius 3 is 2.29 bits per heavy atom. The Balaban J connectivity index is 3.06. The largest absolute Gasteiger partial charge is 0.573 e. The van der Waals surface area contributed by atoms with Gasteiger partial charge in [0.15, 0.2) is 11.6 Å². The van der Waals surface area contributed by atoms with Crippen LogP contribution < -0.4 is 4.74 Å². The molecule has 0 aliphatic heterocycles. The molecule has 0 atom stereocenters. The number of hydrogen-bond donors (Lipinski definition) is 0. The van der Waals surface area contributed by atoms with Crippen LogP contribution in [0.3, 0.4) is 0 Å². The Kier molecular flexibility index (Phi) is 3.12. The molecule has 0 spiro atoms. The summed E-state index contributed by atoms with van der Waals surface area (Å²) in [6, 6.07) is 0. The van der Waals surface area contributed by atoms with Gasteiger partial charge in [0, 0.05) is 0 Å². The molecular formula is C6HF5INO. The fourth-order valence-electron chi connectivity index (χ4n) is 0.623. The van der Waals surface area contributed by atoms with E-state index < -0.39 is 23.7 Å². The summed E-state index contributed by atoms with van der Waals surface area (Å²) in [4.78, 5) is 3.17. The van der Waals surface area contributed by atoms with Crippen molar-refractivity contribution in [2.45, 2.75) is 6.36 Å². The number of halogens is 6. The first-order valence-corrected chi connectivity index (χ1v) is 4.14. The van der Waals surface area contributed by atoms with Crippen LogP contribution in [0.15, 0.2) is 6.20 Å². The Bertz CT molecular complexity index is 353.